The number of aromatic hydroxyl groups is 1. The Morgan fingerprint density at radius 2 is 2.00 bits per heavy atom. The van der Waals surface area contributed by atoms with E-state index in [1.54, 1.807) is 11.0 Å². The molecule has 0 unspecified atom stereocenters. The number of terminal acetylenes is 1. The van der Waals surface area contributed by atoms with Gasteiger partial charge in [0.2, 0.25) is 0 Å². The molecule has 0 aliphatic carbocycles. The number of phenols is 1. The average Bonchev–Trinajstić information content (AvgIpc) is 2.41. The predicted octanol–water partition coefficient (Wildman–Crippen LogP) is 2.07. The molecule has 0 atom stereocenters. The van der Waals surface area contributed by atoms with Crippen LogP contribution in [0, 0.1) is 12.3 Å². The van der Waals surface area contributed by atoms with E-state index >= 15 is 0 Å². The Morgan fingerprint density at radius 3 is 2.70 bits per heavy atom. The van der Waals surface area contributed by atoms with Gasteiger partial charge >= 0.3 is 5.97 Å². The Bertz CT molecular complexity index is 673. The third-order valence-electron chi connectivity index (χ3n) is 3.07. The summed E-state index contributed by atoms with van der Waals surface area (Å²) in [4.78, 5) is 12.5. The topological polar surface area (TPSA) is 60.8 Å². The van der Waals surface area contributed by atoms with Crippen LogP contribution in [0.25, 0.3) is 10.8 Å². The second-order valence-corrected chi connectivity index (χ2v) is 4.53. The number of carbonyl (C=O) groups is 1. The number of benzene rings is 2. The number of phenolic OH excluding ortho intramolecular Hbond substituents is 1. The van der Waals surface area contributed by atoms with Gasteiger partial charge < -0.3 is 10.2 Å². The molecule has 2 N–H and O–H groups in total. The second kappa shape index (κ2) is 6.09. The Morgan fingerprint density at radius 1 is 1.25 bits per heavy atom. The van der Waals surface area contributed by atoms with Crippen LogP contribution >= 0.6 is 0 Å². The Kier molecular flexibility index (Phi) is 4.24. The van der Waals surface area contributed by atoms with Crippen molar-refractivity contribution in [3.63, 3.8) is 0 Å². The van der Waals surface area contributed by atoms with Gasteiger partial charge in [0.05, 0.1) is 13.1 Å². The van der Waals surface area contributed by atoms with Gasteiger partial charge in [-0.25, -0.2) is 0 Å². The highest BCUT2D eigenvalue weighted by molar-refractivity contribution is 5.87. The van der Waals surface area contributed by atoms with Gasteiger partial charge in [-0.15, -0.1) is 6.42 Å². The first kappa shape index (κ1) is 13.9. The van der Waals surface area contributed by atoms with Crippen molar-refractivity contribution in [2.24, 2.45) is 0 Å². The highest BCUT2D eigenvalue weighted by Gasteiger charge is 2.14. The van der Waals surface area contributed by atoms with Crippen LogP contribution in [0.15, 0.2) is 36.4 Å². The summed E-state index contributed by atoms with van der Waals surface area (Å²) in [7, 11) is 0. The van der Waals surface area contributed by atoms with Crippen LogP contribution in [-0.4, -0.2) is 34.2 Å². The van der Waals surface area contributed by atoms with E-state index in [9.17, 15) is 9.90 Å². The summed E-state index contributed by atoms with van der Waals surface area (Å²) in [5.41, 5.74) is 0.694. The lowest BCUT2D eigenvalue weighted by atomic mass is 10.0. The van der Waals surface area contributed by atoms with E-state index in [-0.39, 0.29) is 18.8 Å². The first-order chi connectivity index (χ1) is 9.61. The summed E-state index contributed by atoms with van der Waals surface area (Å²) in [5.74, 6) is 1.65. The molecule has 2 aromatic carbocycles. The third-order valence-corrected chi connectivity index (χ3v) is 3.07. The zero-order valence-corrected chi connectivity index (χ0v) is 10.9. The Balaban J connectivity index is 2.38. The number of rotatable bonds is 5. The fourth-order valence-corrected chi connectivity index (χ4v) is 2.20. The number of carboxylic acids is 1. The second-order valence-electron chi connectivity index (χ2n) is 4.53. The maximum atomic E-state index is 10.9. The molecule has 0 saturated heterocycles. The summed E-state index contributed by atoms with van der Waals surface area (Å²) >= 11 is 0. The summed E-state index contributed by atoms with van der Waals surface area (Å²) in [6.45, 7) is 0.353. The van der Waals surface area contributed by atoms with Crippen LogP contribution in [0.3, 0.4) is 0 Å². The van der Waals surface area contributed by atoms with E-state index in [0.29, 0.717) is 12.1 Å². The Hall–Kier alpha value is -2.51. The number of aliphatic carboxylic acids is 1. The van der Waals surface area contributed by atoms with E-state index in [1.165, 1.54) is 0 Å². The van der Waals surface area contributed by atoms with Gasteiger partial charge in [0.25, 0.3) is 0 Å². The van der Waals surface area contributed by atoms with E-state index < -0.39 is 5.97 Å². The fraction of sp³-hybridized carbons (Fsp3) is 0.188. The molecule has 0 aliphatic rings. The van der Waals surface area contributed by atoms with Gasteiger partial charge in [-0.05, 0) is 16.8 Å². The molecular weight excluding hydrogens is 254 g/mol. The number of carboxylic acid groups (broad SMARTS) is 1. The van der Waals surface area contributed by atoms with Crippen LogP contribution in [0.1, 0.15) is 5.56 Å². The van der Waals surface area contributed by atoms with Crippen LogP contribution in [0.4, 0.5) is 0 Å². The quantitative estimate of drug-likeness (QED) is 0.816. The summed E-state index contributed by atoms with van der Waals surface area (Å²) in [5, 5.41) is 20.8. The van der Waals surface area contributed by atoms with E-state index in [0.717, 1.165) is 10.8 Å². The maximum Gasteiger partial charge on any atom is 0.317 e. The molecule has 102 valence electrons. The SMILES string of the molecule is C#CCN(CC(=O)O)Cc1c(O)ccc2ccccc12. The van der Waals surface area contributed by atoms with Gasteiger partial charge in [0.15, 0.2) is 0 Å². The van der Waals surface area contributed by atoms with Crippen molar-refractivity contribution in [1.82, 2.24) is 4.90 Å². The third kappa shape index (κ3) is 3.08. The molecule has 0 bridgehead atoms. The molecule has 0 saturated carbocycles. The van der Waals surface area contributed by atoms with Crippen LogP contribution < -0.4 is 0 Å². The molecule has 2 rings (SSSR count). The maximum absolute atomic E-state index is 10.9. The highest BCUT2D eigenvalue weighted by atomic mass is 16.4. The molecule has 0 heterocycles. The molecule has 20 heavy (non-hydrogen) atoms. The minimum atomic E-state index is -0.944. The summed E-state index contributed by atoms with van der Waals surface area (Å²) in [6, 6.07) is 11.1. The first-order valence-electron chi connectivity index (χ1n) is 6.19. The van der Waals surface area contributed by atoms with Gasteiger partial charge in [0, 0.05) is 12.1 Å². The van der Waals surface area contributed by atoms with E-state index in [1.807, 2.05) is 30.3 Å². The van der Waals surface area contributed by atoms with Crippen molar-refractivity contribution in [3.8, 4) is 18.1 Å². The molecule has 0 amide bonds. The minimum absolute atomic E-state index is 0.149. The van der Waals surface area contributed by atoms with Crippen molar-refractivity contribution in [2.75, 3.05) is 13.1 Å². The van der Waals surface area contributed by atoms with Crippen molar-refractivity contribution in [3.05, 3.63) is 42.0 Å². The van der Waals surface area contributed by atoms with E-state index in [2.05, 4.69) is 5.92 Å². The average molecular weight is 269 g/mol. The minimum Gasteiger partial charge on any atom is -0.508 e. The van der Waals surface area contributed by atoms with Crippen molar-refractivity contribution in [2.45, 2.75) is 6.54 Å². The number of nitrogens with zero attached hydrogens (tertiary/aromatic N) is 1. The largest absolute Gasteiger partial charge is 0.508 e. The van der Waals surface area contributed by atoms with E-state index in [4.69, 9.17) is 11.5 Å². The molecule has 0 spiro atoms. The van der Waals surface area contributed by atoms with Gasteiger partial charge in [-0.3, -0.25) is 9.69 Å². The lowest BCUT2D eigenvalue weighted by molar-refractivity contribution is -0.138. The van der Waals surface area contributed by atoms with Crippen molar-refractivity contribution < 1.29 is 15.0 Å². The molecular formula is C16H15NO3. The zero-order valence-electron chi connectivity index (χ0n) is 10.9. The number of fused-ring (bicyclic) bond motifs is 1. The summed E-state index contributed by atoms with van der Waals surface area (Å²) in [6.07, 6.45) is 5.26. The number of hydrogen-bond donors (Lipinski definition) is 2. The lowest BCUT2D eigenvalue weighted by Gasteiger charge is -2.19. The van der Waals surface area contributed by atoms with Crippen molar-refractivity contribution >= 4 is 16.7 Å². The molecule has 4 heteroatoms. The molecule has 0 aliphatic heterocycles. The number of hydrogen-bond acceptors (Lipinski definition) is 3. The zero-order chi connectivity index (χ0) is 14.5. The van der Waals surface area contributed by atoms with Gasteiger partial charge in [-0.2, -0.15) is 0 Å². The fourth-order valence-electron chi connectivity index (χ4n) is 2.20. The van der Waals surface area contributed by atoms with Crippen LogP contribution in [0.2, 0.25) is 0 Å². The monoisotopic (exact) mass is 269 g/mol. The molecule has 4 nitrogen and oxygen atoms in total. The molecule has 0 aromatic heterocycles. The van der Waals surface area contributed by atoms with Crippen LogP contribution in [0.5, 0.6) is 5.75 Å². The highest BCUT2D eigenvalue weighted by Crippen LogP contribution is 2.28. The summed E-state index contributed by atoms with van der Waals surface area (Å²) < 4.78 is 0. The molecule has 2 aromatic rings. The molecule has 0 fully saturated rings. The molecule has 0 radical (unpaired) electrons. The van der Waals surface area contributed by atoms with Crippen molar-refractivity contribution in [1.29, 1.82) is 0 Å². The predicted molar refractivity (Wildman–Crippen MR) is 77.4 cm³/mol. The Labute approximate surface area is 117 Å². The normalized spacial score (nSPS) is 10.6. The van der Waals surface area contributed by atoms with Crippen LogP contribution in [-0.2, 0) is 11.3 Å². The first-order valence-corrected chi connectivity index (χ1v) is 6.19. The van der Waals surface area contributed by atoms with Gasteiger partial charge in [0.1, 0.15) is 5.75 Å². The van der Waals surface area contributed by atoms with Gasteiger partial charge in [-0.1, -0.05) is 36.3 Å². The lowest BCUT2D eigenvalue weighted by Crippen LogP contribution is -2.29. The standard InChI is InChI=1S/C16H15NO3/c1-2-9-17(11-16(19)20)10-14-13-6-4-3-5-12(13)7-8-15(14)18/h1,3-8,18H,9-11H2,(H,19,20). The smallest absolute Gasteiger partial charge is 0.317 e.